The van der Waals surface area contributed by atoms with Crippen LogP contribution in [0.15, 0.2) is 48.1 Å². The van der Waals surface area contributed by atoms with Crippen molar-refractivity contribution in [3.63, 3.8) is 0 Å². The van der Waals surface area contributed by atoms with Crippen LogP contribution in [0.1, 0.15) is 45.1 Å². The lowest BCUT2D eigenvalue weighted by Crippen LogP contribution is -2.69. The van der Waals surface area contributed by atoms with Gasteiger partial charge in [-0.15, -0.1) is 10.1 Å². The molecule has 4 N–H and O–H groups in total. The minimum Gasteiger partial charge on any atom is -0.441 e. The summed E-state index contributed by atoms with van der Waals surface area (Å²) in [6, 6.07) is 5.70. The maximum atomic E-state index is 17.2. The Morgan fingerprint density at radius 3 is 2.63 bits per heavy atom. The topological polar surface area (TPSA) is 212 Å². The molecule has 0 heterocycles. The summed E-state index contributed by atoms with van der Waals surface area (Å²) in [4.78, 5) is 64.6. The van der Waals surface area contributed by atoms with Crippen LogP contribution >= 0.6 is 0 Å². The summed E-state index contributed by atoms with van der Waals surface area (Å²) in [5.41, 5.74) is -6.60. The highest BCUT2D eigenvalue weighted by molar-refractivity contribution is 6.01. The number of hydrogen-bond acceptors (Lipinski definition) is 12. The number of carbonyl (C=O) groups excluding carboxylic acids is 4. The average Bonchev–Trinajstić information content (AvgIpc) is 3.20. The van der Waals surface area contributed by atoms with Crippen LogP contribution in [0.5, 0.6) is 5.75 Å². The number of aliphatic hydroxyl groups is 3. The molecule has 0 saturated heterocycles. The van der Waals surface area contributed by atoms with Gasteiger partial charge in [-0.05, 0) is 68.4 Å². The Hall–Kier alpha value is -4.21. The van der Waals surface area contributed by atoms with Gasteiger partial charge in [0.2, 0.25) is 5.78 Å². The molecule has 3 saturated carbocycles. The van der Waals surface area contributed by atoms with E-state index in [9.17, 15) is 44.6 Å². The normalized spacial score (nSPS) is 36.0. The van der Waals surface area contributed by atoms with Gasteiger partial charge in [-0.25, -0.2) is 14.0 Å². The van der Waals surface area contributed by atoms with E-state index >= 15 is 4.39 Å². The van der Waals surface area contributed by atoms with Gasteiger partial charge in [-0.3, -0.25) is 9.59 Å². The fraction of sp³-hybridized carbons (Fsp3) is 0.548. The second kappa shape index (κ2) is 11.9. The predicted octanol–water partition coefficient (Wildman–Crippen LogP) is 1.67. The van der Waals surface area contributed by atoms with Gasteiger partial charge in [-0.2, -0.15) is 0 Å². The highest BCUT2D eigenvalue weighted by Crippen LogP contribution is 2.69. The first kappa shape index (κ1) is 33.2. The standard InChI is InChI=1S/C31H35FN2O12/c1-28-9-8-19(35)11-18(28)6-7-21-22-12-23(36)31(41,29(22,2)13-24(37)30(21,28)32)25(38)16-44-27(40)33-14-26(39)46-20-5-3-4-17(10-20)15-45-34(42)43/h3-5,8-11,21-24,36-37,41H,6-7,12-16H2,1-2H3,(H,33,40)/t21-,22-,23+,24-,28-,29-,30-,31-/m0/s1. The lowest BCUT2D eigenvalue weighted by atomic mass is 9.44. The van der Waals surface area contributed by atoms with Crippen LogP contribution in [0.25, 0.3) is 0 Å². The van der Waals surface area contributed by atoms with E-state index in [0.29, 0.717) is 17.6 Å². The van der Waals surface area contributed by atoms with Crippen LogP contribution < -0.4 is 10.1 Å². The SMILES string of the molecule is C[C@]12C=CC(=O)C=C1CC[C@H]1[C@@H]3C[C@@H](O)[C@](O)(C(=O)COC(=O)NCC(=O)Oc4cccc(CO[N+](=O)[O-])c4)[C@@]3(C)C[C@H](O)[C@@]12F. The van der Waals surface area contributed by atoms with Crippen LogP contribution in [0.3, 0.4) is 0 Å². The molecule has 4 aliphatic rings. The second-order valence-corrected chi connectivity index (χ2v) is 12.8. The number of ether oxygens (including phenoxy) is 2. The van der Waals surface area contributed by atoms with Crippen molar-refractivity contribution in [3.05, 3.63) is 63.7 Å². The molecule has 1 aromatic rings. The van der Waals surface area contributed by atoms with E-state index in [2.05, 4.69) is 10.2 Å². The van der Waals surface area contributed by atoms with Crippen LogP contribution in [0.2, 0.25) is 0 Å². The number of benzene rings is 1. The summed E-state index contributed by atoms with van der Waals surface area (Å²) in [6.45, 7) is 1.08. The summed E-state index contributed by atoms with van der Waals surface area (Å²) in [5, 5.41) is 45.7. The number of carbonyl (C=O) groups is 4. The third kappa shape index (κ3) is 5.25. The number of nitrogens with zero attached hydrogens (tertiary/aromatic N) is 1. The maximum absolute atomic E-state index is 17.2. The molecule has 14 nitrogen and oxygen atoms in total. The average molecular weight is 647 g/mol. The Morgan fingerprint density at radius 2 is 1.91 bits per heavy atom. The van der Waals surface area contributed by atoms with Gasteiger partial charge in [0.05, 0.1) is 12.2 Å². The number of alkyl halides is 1. The van der Waals surface area contributed by atoms with Crippen molar-refractivity contribution in [2.45, 2.75) is 69.6 Å². The van der Waals surface area contributed by atoms with E-state index < -0.39 is 82.2 Å². The highest BCUT2D eigenvalue weighted by atomic mass is 19.1. The van der Waals surface area contributed by atoms with Crippen LogP contribution in [-0.4, -0.2) is 80.7 Å². The van der Waals surface area contributed by atoms with E-state index in [0.717, 1.165) is 0 Å². The molecular formula is C31H35FN2O12. The third-order valence-electron chi connectivity index (χ3n) is 10.5. The summed E-state index contributed by atoms with van der Waals surface area (Å²) in [7, 11) is 0. The first-order valence-electron chi connectivity index (χ1n) is 14.8. The number of Topliss-reactive ketones (excluding diaryl/α,β-unsaturated/α-hetero) is 1. The minimum atomic E-state index is -2.49. The van der Waals surface area contributed by atoms with Crippen molar-refractivity contribution in [1.82, 2.24) is 5.32 Å². The zero-order valence-electron chi connectivity index (χ0n) is 25.1. The monoisotopic (exact) mass is 646 g/mol. The molecule has 1 aromatic carbocycles. The van der Waals surface area contributed by atoms with Crippen LogP contribution in [0.4, 0.5) is 9.18 Å². The lowest BCUT2D eigenvalue weighted by Gasteiger charge is -2.62. The Morgan fingerprint density at radius 1 is 1.17 bits per heavy atom. The number of ketones is 2. The molecule has 5 rings (SSSR count). The van der Waals surface area contributed by atoms with Crippen molar-refractivity contribution in [3.8, 4) is 5.75 Å². The number of fused-ring (bicyclic) bond motifs is 5. The van der Waals surface area contributed by atoms with Crippen LogP contribution in [0, 0.1) is 32.8 Å². The first-order valence-corrected chi connectivity index (χ1v) is 14.8. The number of amides is 1. The van der Waals surface area contributed by atoms with E-state index in [1.165, 1.54) is 49.4 Å². The second-order valence-electron chi connectivity index (χ2n) is 12.8. The molecule has 0 aromatic heterocycles. The van der Waals surface area contributed by atoms with Crippen molar-refractivity contribution in [2.75, 3.05) is 13.2 Å². The number of hydrogen-bond donors (Lipinski definition) is 4. The largest absolute Gasteiger partial charge is 0.441 e. The Kier molecular flexibility index (Phi) is 8.55. The summed E-state index contributed by atoms with van der Waals surface area (Å²) in [5.74, 6) is -3.83. The number of rotatable bonds is 9. The van der Waals surface area contributed by atoms with E-state index in [4.69, 9.17) is 9.47 Å². The fourth-order valence-corrected chi connectivity index (χ4v) is 8.16. The first-order chi connectivity index (χ1) is 21.6. The van der Waals surface area contributed by atoms with Crippen molar-refractivity contribution < 1.29 is 58.3 Å². The van der Waals surface area contributed by atoms with Gasteiger partial charge in [0.25, 0.3) is 5.09 Å². The molecule has 248 valence electrons. The summed E-state index contributed by atoms with van der Waals surface area (Å²) < 4.78 is 27.2. The van der Waals surface area contributed by atoms with Gasteiger partial charge in [0, 0.05) is 16.7 Å². The van der Waals surface area contributed by atoms with Gasteiger partial charge in [-0.1, -0.05) is 30.7 Å². The lowest BCUT2D eigenvalue weighted by molar-refractivity contribution is -0.763. The Balaban J connectivity index is 1.21. The van der Waals surface area contributed by atoms with Crippen molar-refractivity contribution in [1.29, 1.82) is 0 Å². The molecule has 15 heteroatoms. The quantitative estimate of drug-likeness (QED) is 0.131. The number of halogens is 1. The zero-order chi connectivity index (χ0) is 33.7. The molecule has 3 fully saturated rings. The molecule has 0 spiro atoms. The van der Waals surface area contributed by atoms with Crippen molar-refractivity contribution in [2.24, 2.45) is 22.7 Å². The highest BCUT2D eigenvalue weighted by Gasteiger charge is 2.76. The molecule has 1 amide bonds. The molecule has 46 heavy (non-hydrogen) atoms. The smallest absolute Gasteiger partial charge is 0.408 e. The number of alkyl carbamates (subject to hydrolysis) is 1. The molecule has 0 aliphatic heterocycles. The Labute approximate surface area is 262 Å². The summed E-state index contributed by atoms with van der Waals surface area (Å²) in [6.07, 6.45) is -0.328. The molecular weight excluding hydrogens is 611 g/mol. The van der Waals surface area contributed by atoms with E-state index in [-0.39, 0.29) is 37.4 Å². The van der Waals surface area contributed by atoms with E-state index in [1.807, 2.05) is 0 Å². The predicted molar refractivity (Wildman–Crippen MR) is 153 cm³/mol. The Bertz CT molecular complexity index is 1530. The molecule has 4 aliphatic carbocycles. The minimum absolute atomic E-state index is 0.0270. The zero-order valence-corrected chi connectivity index (χ0v) is 25.1. The number of esters is 1. The van der Waals surface area contributed by atoms with Gasteiger partial charge >= 0.3 is 12.1 Å². The van der Waals surface area contributed by atoms with Crippen LogP contribution in [-0.2, 0) is 30.6 Å². The van der Waals surface area contributed by atoms with E-state index in [1.54, 1.807) is 6.92 Å². The van der Waals surface area contributed by atoms with Crippen molar-refractivity contribution >= 4 is 23.6 Å². The molecule has 0 bridgehead atoms. The fourth-order valence-electron chi connectivity index (χ4n) is 8.16. The van der Waals surface area contributed by atoms with Gasteiger partial charge in [0.1, 0.15) is 18.9 Å². The van der Waals surface area contributed by atoms with Gasteiger partial charge in [0.15, 0.2) is 23.7 Å². The number of nitrogens with one attached hydrogen (secondary N) is 1. The number of allylic oxidation sites excluding steroid dienone is 4. The number of aliphatic hydroxyl groups excluding tert-OH is 2. The maximum Gasteiger partial charge on any atom is 0.408 e. The molecule has 0 radical (unpaired) electrons. The van der Waals surface area contributed by atoms with Gasteiger partial charge < -0.3 is 34.9 Å². The molecule has 0 unspecified atom stereocenters. The molecule has 8 atom stereocenters. The third-order valence-corrected chi connectivity index (χ3v) is 10.5. The summed E-state index contributed by atoms with van der Waals surface area (Å²) >= 11 is 0.